The predicted molar refractivity (Wildman–Crippen MR) is 127 cm³/mol. The Bertz CT molecular complexity index is 1330. The van der Waals surface area contributed by atoms with Crippen LogP contribution in [0.2, 0.25) is 0 Å². The van der Waals surface area contributed by atoms with Gasteiger partial charge in [0.2, 0.25) is 0 Å². The molecule has 0 unspecified atom stereocenters. The lowest BCUT2D eigenvalue weighted by molar-refractivity contribution is 0.0412. The van der Waals surface area contributed by atoms with E-state index in [1.54, 1.807) is 21.9 Å². The minimum Gasteiger partial charge on any atom is -0.361 e. The Hall–Kier alpha value is -3.93. The molecule has 1 atom stereocenters. The number of H-pyrrole nitrogens is 1. The molecule has 0 spiro atoms. The van der Waals surface area contributed by atoms with Gasteiger partial charge in [-0.3, -0.25) is 9.59 Å². The molecule has 2 heterocycles. The molecule has 0 radical (unpaired) electrons. The largest absolute Gasteiger partial charge is 0.361 e. The van der Waals surface area contributed by atoms with Gasteiger partial charge in [-0.2, -0.15) is 0 Å². The SMILES string of the molecule is C[C@H]1CN(C(=O)c2ccc(-c3ccccc3)cc2F)CCN1C(=O)c1ccc2cc[nH]c2c1. The van der Waals surface area contributed by atoms with Gasteiger partial charge in [-0.25, -0.2) is 4.39 Å². The summed E-state index contributed by atoms with van der Waals surface area (Å²) in [6, 6.07) is 21.6. The number of nitrogens with zero attached hydrogens (tertiary/aromatic N) is 2. The van der Waals surface area contributed by atoms with E-state index in [1.807, 2.05) is 67.7 Å². The maximum Gasteiger partial charge on any atom is 0.256 e. The lowest BCUT2D eigenvalue weighted by atomic mass is 10.0. The molecule has 6 heteroatoms. The number of carbonyl (C=O) groups excluding carboxylic acids is 2. The summed E-state index contributed by atoms with van der Waals surface area (Å²) in [6.45, 7) is 3.03. The van der Waals surface area contributed by atoms with Gasteiger partial charge in [0.15, 0.2) is 0 Å². The second kappa shape index (κ2) is 8.54. The van der Waals surface area contributed by atoms with E-state index in [0.29, 0.717) is 25.2 Å². The van der Waals surface area contributed by atoms with E-state index in [0.717, 1.165) is 22.0 Å². The minimum absolute atomic E-state index is 0.0545. The van der Waals surface area contributed by atoms with Crippen molar-refractivity contribution < 1.29 is 14.0 Å². The molecule has 4 aromatic rings. The van der Waals surface area contributed by atoms with E-state index in [1.165, 1.54) is 6.07 Å². The summed E-state index contributed by atoms with van der Waals surface area (Å²) in [5.41, 5.74) is 3.20. The zero-order valence-corrected chi connectivity index (χ0v) is 18.3. The van der Waals surface area contributed by atoms with Crippen molar-refractivity contribution in [2.75, 3.05) is 19.6 Å². The van der Waals surface area contributed by atoms with Crippen LogP contribution in [-0.4, -0.2) is 52.3 Å². The maximum atomic E-state index is 14.9. The van der Waals surface area contributed by atoms with Crippen molar-refractivity contribution in [2.24, 2.45) is 0 Å². The number of halogens is 1. The summed E-state index contributed by atoms with van der Waals surface area (Å²) >= 11 is 0. The summed E-state index contributed by atoms with van der Waals surface area (Å²) in [5, 5.41) is 1.05. The number of hydrogen-bond acceptors (Lipinski definition) is 2. The Kier molecular flexibility index (Phi) is 5.42. The summed E-state index contributed by atoms with van der Waals surface area (Å²) in [7, 11) is 0. The molecule has 0 saturated carbocycles. The number of nitrogens with one attached hydrogen (secondary N) is 1. The number of hydrogen-bond donors (Lipinski definition) is 1. The van der Waals surface area contributed by atoms with Gasteiger partial charge in [-0.15, -0.1) is 0 Å². The second-order valence-electron chi connectivity index (χ2n) is 8.44. The topological polar surface area (TPSA) is 56.4 Å². The fraction of sp³-hybridized carbons (Fsp3) is 0.185. The Balaban J connectivity index is 1.29. The third-order valence-corrected chi connectivity index (χ3v) is 6.28. The molecule has 1 aromatic heterocycles. The first kappa shape index (κ1) is 20.9. The summed E-state index contributed by atoms with van der Waals surface area (Å²) in [4.78, 5) is 32.7. The molecule has 5 nitrogen and oxygen atoms in total. The van der Waals surface area contributed by atoms with Crippen molar-refractivity contribution in [2.45, 2.75) is 13.0 Å². The standard InChI is InChI=1S/C27H24FN3O2/c1-18-17-30(13-14-31(18)26(32)22-8-7-20-11-12-29-25(20)16-22)27(33)23-10-9-21(15-24(23)28)19-5-3-2-4-6-19/h2-12,15-16,18,29H,13-14,17H2,1H3/t18-/m0/s1. The summed E-state index contributed by atoms with van der Waals surface area (Å²) < 4.78 is 14.9. The van der Waals surface area contributed by atoms with Crippen molar-refractivity contribution in [3.63, 3.8) is 0 Å². The summed E-state index contributed by atoms with van der Waals surface area (Å²) in [5.74, 6) is -0.949. The van der Waals surface area contributed by atoms with Crippen LogP contribution >= 0.6 is 0 Å². The van der Waals surface area contributed by atoms with Crippen LogP contribution in [-0.2, 0) is 0 Å². The van der Waals surface area contributed by atoms with E-state index in [9.17, 15) is 14.0 Å². The average molecular weight is 442 g/mol. The molecule has 1 saturated heterocycles. The molecule has 5 rings (SSSR count). The van der Waals surface area contributed by atoms with E-state index in [-0.39, 0.29) is 23.4 Å². The summed E-state index contributed by atoms with van der Waals surface area (Å²) in [6.07, 6.45) is 1.84. The highest BCUT2D eigenvalue weighted by molar-refractivity contribution is 5.99. The molecule has 1 N–H and O–H groups in total. The smallest absolute Gasteiger partial charge is 0.256 e. The first-order valence-electron chi connectivity index (χ1n) is 11.0. The van der Waals surface area contributed by atoms with E-state index in [2.05, 4.69) is 4.98 Å². The highest BCUT2D eigenvalue weighted by Gasteiger charge is 2.31. The fourth-order valence-corrected chi connectivity index (χ4v) is 4.46. The fourth-order valence-electron chi connectivity index (χ4n) is 4.46. The number of fused-ring (bicyclic) bond motifs is 1. The Labute approximate surface area is 191 Å². The minimum atomic E-state index is -0.535. The molecular weight excluding hydrogens is 417 g/mol. The number of benzene rings is 3. The highest BCUT2D eigenvalue weighted by Crippen LogP contribution is 2.24. The number of carbonyl (C=O) groups is 2. The molecule has 0 aliphatic carbocycles. The lowest BCUT2D eigenvalue weighted by Gasteiger charge is -2.40. The van der Waals surface area contributed by atoms with Crippen LogP contribution in [0.25, 0.3) is 22.0 Å². The van der Waals surface area contributed by atoms with E-state index < -0.39 is 5.82 Å². The van der Waals surface area contributed by atoms with Gasteiger partial charge in [0.05, 0.1) is 5.56 Å². The monoisotopic (exact) mass is 441 g/mol. The van der Waals surface area contributed by atoms with Gasteiger partial charge >= 0.3 is 0 Å². The van der Waals surface area contributed by atoms with E-state index >= 15 is 0 Å². The third-order valence-electron chi connectivity index (χ3n) is 6.28. The van der Waals surface area contributed by atoms with Gasteiger partial charge in [-0.1, -0.05) is 42.5 Å². The van der Waals surface area contributed by atoms with Gasteiger partial charge in [-0.05, 0) is 53.8 Å². The molecule has 2 amide bonds. The van der Waals surface area contributed by atoms with Crippen LogP contribution in [0.1, 0.15) is 27.6 Å². The quantitative estimate of drug-likeness (QED) is 0.489. The maximum absolute atomic E-state index is 14.9. The zero-order valence-electron chi connectivity index (χ0n) is 18.3. The third kappa shape index (κ3) is 4.00. The van der Waals surface area contributed by atoms with Crippen molar-refractivity contribution in [3.05, 3.63) is 95.9 Å². The number of aromatic amines is 1. The zero-order chi connectivity index (χ0) is 22.9. The van der Waals surface area contributed by atoms with Crippen molar-refractivity contribution >= 4 is 22.7 Å². The Morgan fingerprint density at radius 2 is 1.73 bits per heavy atom. The first-order valence-corrected chi connectivity index (χ1v) is 11.0. The number of amides is 2. The normalized spacial score (nSPS) is 16.2. The molecule has 33 heavy (non-hydrogen) atoms. The van der Waals surface area contributed by atoms with Crippen molar-refractivity contribution in [1.82, 2.24) is 14.8 Å². The van der Waals surface area contributed by atoms with Gasteiger partial charge in [0.1, 0.15) is 5.82 Å². The van der Waals surface area contributed by atoms with E-state index in [4.69, 9.17) is 0 Å². The Morgan fingerprint density at radius 1 is 0.909 bits per heavy atom. The number of piperazine rings is 1. The van der Waals surface area contributed by atoms with Gasteiger partial charge in [0, 0.05) is 43.0 Å². The molecule has 1 aliphatic rings. The van der Waals surface area contributed by atoms with Crippen LogP contribution < -0.4 is 0 Å². The van der Waals surface area contributed by atoms with Gasteiger partial charge < -0.3 is 14.8 Å². The lowest BCUT2D eigenvalue weighted by Crippen LogP contribution is -2.55. The first-order chi connectivity index (χ1) is 16.0. The van der Waals surface area contributed by atoms with Crippen LogP contribution in [0, 0.1) is 5.82 Å². The molecular formula is C27H24FN3O2. The highest BCUT2D eigenvalue weighted by atomic mass is 19.1. The number of aromatic nitrogens is 1. The van der Waals surface area contributed by atoms with Gasteiger partial charge in [0.25, 0.3) is 11.8 Å². The number of rotatable bonds is 3. The molecule has 1 fully saturated rings. The van der Waals surface area contributed by atoms with Crippen LogP contribution in [0.15, 0.2) is 79.0 Å². The van der Waals surface area contributed by atoms with Crippen LogP contribution in [0.3, 0.4) is 0 Å². The molecule has 166 valence electrons. The Morgan fingerprint density at radius 3 is 2.48 bits per heavy atom. The molecule has 0 bridgehead atoms. The van der Waals surface area contributed by atoms with Crippen molar-refractivity contribution in [1.29, 1.82) is 0 Å². The van der Waals surface area contributed by atoms with Crippen LogP contribution in [0.4, 0.5) is 4.39 Å². The molecule has 3 aromatic carbocycles. The van der Waals surface area contributed by atoms with Crippen LogP contribution in [0.5, 0.6) is 0 Å². The average Bonchev–Trinajstić information content (AvgIpc) is 3.31. The predicted octanol–water partition coefficient (Wildman–Crippen LogP) is 4.96. The molecule has 1 aliphatic heterocycles. The second-order valence-corrected chi connectivity index (χ2v) is 8.44. The van der Waals surface area contributed by atoms with Crippen molar-refractivity contribution in [3.8, 4) is 11.1 Å².